The number of anilines is 1. The highest BCUT2D eigenvalue weighted by atomic mass is 16.5. The van der Waals surface area contributed by atoms with Gasteiger partial charge in [0.15, 0.2) is 17.3 Å². The van der Waals surface area contributed by atoms with Crippen molar-refractivity contribution >= 4 is 12.0 Å². The zero-order chi connectivity index (χ0) is 16.8. The van der Waals surface area contributed by atoms with E-state index in [2.05, 4.69) is 25.7 Å². The minimum Gasteiger partial charge on any atom is -0.493 e. The maximum absolute atomic E-state index is 11.1. The first-order valence-electron chi connectivity index (χ1n) is 6.61. The van der Waals surface area contributed by atoms with Crippen LogP contribution in [-0.2, 0) is 0 Å². The van der Waals surface area contributed by atoms with Crippen molar-refractivity contribution in [3.8, 4) is 17.2 Å². The molecule has 2 rings (SSSR count). The molecule has 0 aliphatic heterocycles. The molecule has 0 unspecified atom stereocenters. The van der Waals surface area contributed by atoms with Gasteiger partial charge in [-0.2, -0.15) is 15.2 Å². The summed E-state index contributed by atoms with van der Waals surface area (Å²) >= 11 is 0. The Morgan fingerprint density at radius 1 is 1.17 bits per heavy atom. The van der Waals surface area contributed by atoms with Crippen LogP contribution in [0.5, 0.6) is 17.2 Å². The molecule has 9 nitrogen and oxygen atoms in total. The molecule has 0 aliphatic carbocycles. The molecule has 0 spiro atoms. The zero-order valence-electron chi connectivity index (χ0n) is 13.2. The Balaban J connectivity index is 2.25. The van der Waals surface area contributed by atoms with Crippen molar-refractivity contribution in [2.24, 2.45) is 5.10 Å². The van der Waals surface area contributed by atoms with Crippen molar-refractivity contribution in [3.63, 3.8) is 0 Å². The quantitative estimate of drug-likeness (QED) is 0.602. The van der Waals surface area contributed by atoms with Crippen molar-refractivity contribution in [3.05, 3.63) is 33.9 Å². The first kappa shape index (κ1) is 16.3. The summed E-state index contributed by atoms with van der Waals surface area (Å²) in [6.45, 7) is 1.69. The van der Waals surface area contributed by atoms with E-state index in [9.17, 15) is 4.79 Å². The molecule has 0 aliphatic rings. The van der Waals surface area contributed by atoms with Crippen LogP contribution in [-0.4, -0.2) is 42.7 Å². The molecule has 0 saturated carbocycles. The van der Waals surface area contributed by atoms with Crippen LogP contribution in [0.3, 0.4) is 0 Å². The van der Waals surface area contributed by atoms with Crippen LogP contribution >= 0.6 is 0 Å². The first-order valence-corrected chi connectivity index (χ1v) is 6.61. The highest BCUT2D eigenvalue weighted by molar-refractivity contribution is 5.83. The predicted molar refractivity (Wildman–Crippen MR) is 84.7 cm³/mol. The average Bonchev–Trinajstić information content (AvgIpc) is 2.56. The van der Waals surface area contributed by atoms with E-state index in [1.807, 2.05) is 0 Å². The molecule has 23 heavy (non-hydrogen) atoms. The second kappa shape index (κ2) is 7.25. The minimum atomic E-state index is -0.555. The molecule has 0 saturated heterocycles. The van der Waals surface area contributed by atoms with Crippen LogP contribution in [0.15, 0.2) is 22.0 Å². The predicted octanol–water partition coefficient (Wildman–Crippen LogP) is 0.945. The van der Waals surface area contributed by atoms with E-state index in [1.54, 1.807) is 19.1 Å². The van der Waals surface area contributed by atoms with Gasteiger partial charge in [-0.1, -0.05) is 0 Å². The summed E-state index contributed by atoms with van der Waals surface area (Å²) in [5.41, 5.74) is 3.34. The number of aryl methyl sites for hydroxylation is 1. The van der Waals surface area contributed by atoms with Gasteiger partial charge in [-0.25, -0.2) is 9.89 Å². The molecular formula is C14H17N5O4. The minimum absolute atomic E-state index is 0.275. The summed E-state index contributed by atoms with van der Waals surface area (Å²) in [7, 11) is 4.60. The fraction of sp³-hybridized carbons (Fsp3) is 0.286. The monoisotopic (exact) mass is 319 g/mol. The molecule has 0 fully saturated rings. The third-order valence-electron chi connectivity index (χ3n) is 2.95. The highest BCUT2D eigenvalue weighted by Gasteiger charge is 2.12. The Morgan fingerprint density at radius 2 is 1.83 bits per heavy atom. The number of aromatic nitrogens is 3. The Bertz CT molecular complexity index is 747. The van der Waals surface area contributed by atoms with E-state index in [4.69, 9.17) is 14.2 Å². The number of nitrogens with one attached hydrogen (secondary N) is 2. The highest BCUT2D eigenvalue weighted by Crippen LogP contribution is 2.37. The van der Waals surface area contributed by atoms with Crippen molar-refractivity contribution in [1.82, 2.24) is 15.2 Å². The van der Waals surface area contributed by atoms with E-state index >= 15 is 0 Å². The van der Waals surface area contributed by atoms with Crippen LogP contribution in [0.2, 0.25) is 0 Å². The van der Waals surface area contributed by atoms with Gasteiger partial charge >= 0.3 is 5.69 Å². The number of aromatic amines is 1. The number of nitrogens with zero attached hydrogens (tertiary/aromatic N) is 3. The molecule has 0 radical (unpaired) electrons. The van der Waals surface area contributed by atoms with Gasteiger partial charge in [0.25, 0.3) is 0 Å². The van der Waals surface area contributed by atoms with Gasteiger partial charge in [-0.3, -0.25) is 5.43 Å². The molecule has 0 bridgehead atoms. The summed E-state index contributed by atoms with van der Waals surface area (Å²) in [6.07, 6.45) is 1.53. The standard InChI is InChI=1S/C14H17N5O4/c1-8-13(16-14(20)19-17-8)18-15-7-9-5-10(21-2)12(23-4)11(6-9)22-3/h5-7H,1-4H3,(H2,16,18,19,20)/b15-7+. The molecule has 1 aromatic carbocycles. The second-order valence-electron chi connectivity index (χ2n) is 4.40. The average molecular weight is 319 g/mol. The maximum Gasteiger partial charge on any atom is 0.363 e. The van der Waals surface area contributed by atoms with Gasteiger partial charge in [0.1, 0.15) is 5.69 Å². The lowest BCUT2D eigenvalue weighted by atomic mass is 10.2. The molecule has 2 aromatic rings. The number of hydrogen-bond acceptors (Lipinski definition) is 8. The lowest BCUT2D eigenvalue weighted by Crippen LogP contribution is -2.15. The van der Waals surface area contributed by atoms with Crippen molar-refractivity contribution < 1.29 is 14.2 Å². The van der Waals surface area contributed by atoms with Gasteiger partial charge in [0.05, 0.1) is 27.5 Å². The molecule has 2 N–H and O–H groups in total. The van der Waals surface area contributed by atoms with E-state index in [-0.39, 0.29) is 5.82 Å². The smallest absolute Gasteiger partial charge is 0.363 e. The Kier molecular flexibility index (Phi) is 5.13. The summed E-state index contributed by atoms with van der Waals surface area (Å²) in [6, 6.07) is 3.48. The summed E-state index contributed by atoms with van der Waals surface area (Å²) in [5, 5.41) is 10.1. The van der Waals surface area contributed by atoms with Crippen LogP contribution < -0.4 is 25.3 Å². The van der Waals surface area contributed by atoms with E-state index in [0.29, 0.717) is 28.5 Å². The molecule has 1 aromatic heterocycles. The van der Waals surface area contributed by atoms with Gasteiger partial charge in [-0.15, -0.1) is 0 Å². The molecule has 1 heterocycles. The molecule has 0 amide bonds. The van der Waals surface area contributed by atoms with Gasteiger partial charge in [0, 0.05) is 5.56 Å². The third kappa shape index (κ3) is 3.76. The fourth-order valence-electron chi connectivity index (χ4n) is 1.84. The second-order valence-corrected chi connectivity index (χ2v) is 4.40. The number of ether oxygens (including phenoxy) is 3. The van der Waals surface area contributed by atoms with E-state index in [0.717, 1.165) is 0 Å². The fourth-order valence-corrected chi connectivity index (χ4v) is 1.84. The van der Waals surface area contributed by atoms with Crippen molar-refractivity contribution in [2.45, 2.75) is 6.92 Å². The third-order valence-corrected chi connectivity index (χ3v) is 2.95. The number of methoxy groups -OCH3 is 3. The molecular weight excluding hydrogens is 302 g/mol. The Labute approximate surface area is 132 Å². The number of benzene rings is 1. The lowest BCUT2D eigenvalue weighted by Gasteiger charge is -2.12. The van der Waals surface area contributed by atoms with E-state index in [1.165, 1.54) is 27.5 Å². The summed E-state index contributed by atoms with van der Waals surface area (Å²) in [5.74, 6) is 1.80. The van der Waals surface area contributed by atoms with Crippen molar-refractivity contribution in [1.29, 1.82) is 0 Å². The number of H-pyrrole nitrogens is 1. The largest absolute Gasteiger partial charge is 0.493 e. The zero-order valence-corrected chi connectivity index (χ0v) is 13.2. The first-order chi connectivity index (χ1) is 11.1. The molecule has 0 atom stereocenters. The van der Waals surface area contributed by atoms with Gasteiger partial charge in [-0.05, 0) is 19.1 Å². The summed E-state index contributed by atoms with van der Waals surface area (Å²) in [4.78, 5) is 14.9. The molecule has 122 valence electrons. The van der Waals surface area contributed by atoms with E-state index < -0.39 is 5.69 Å². The lowest BCUT2D eigenvalue weighted by molar-refractivity contribution is 0.324. The Morgan fingerprint density at radius 3 is 2.39 bits per heavy atom. The van der Waals surface area contributed by atoms with Crippen LogP contribution in [0.25, 0.3) is 0 Å². The van der Waals surface area contributed by atoms with Crippen LogP contribution in [0.1, 0.15) is 11.3 Å². The number of rotatable bonds is 6. The summed E-state index contributed by atoms with van der Waals surface area (Å²) < 4.78 is 15.8. The number of hydrogen-bond donors (Lipinski definition) is 2. The maximum atomic E-state index is 11.1. The van der Waals surface area contributed by atoms with Crippen LogP contribution in [0.4, 0.5) is 5.82 Å². The Hall–Kier alpha value is -3.10. The van der Waals surface area contributed by atoms with Gasteiger partial charge in [0.2, 0.25) is 5.75 Å². The number of hydrazone groups is 1. The SMILES string of the molecule is COc1cc(/C=N/Nc2nc(=O)[nH]nc2C)cc(OC)c1OC. The van der Waals surface area contributed by atoms with Crippen molar-refractivity contribution in [2.75, 3.05) is 26.8 Å². The molecule has 9 heteroatoms. The topological polar surface area (TPSA) is 111 Å². The van der Waals surface area contributed by atoms with Gasteiger partial charge < -0.3 is 14.2 Å². The normalized spacial score (nSPS) is 10.6. The van der Waals surface area contributed by atoms with Crippen LogP contribution in [0, 0.1) is 6.92 Å².